The number of hydrogen-bond acceptors (Lipinski definition) is 4. The van der Waals surface area contributed by atoms with Gasteiger partial charge >= 0.3 is 0 Å². The first kappa shape index (κ1) is 19.1. The van der Waals surface area contributed by atoms with Crippen LogP contribution >= 0.6 is 0 Å². The lowest BCUT2D eigenvalue weighted by Crippen LogP contribution is -2.16. The molecule has 0 fully saturated rings. The lowest BCUT2D eigenvalue weighted by molar-refractivity contribution is 0.320. The van der Waals surface area contributed by atoms with Crippen molar-refractivity contribution >= 4 is 0 Å². The predicted molar refractivity (Wildman–Crippen MR) is 102 cm³/mol. The lowest BCUT2D eigenvalue weighted by atomic mass is 9.90. The van der Waals surface area contributed by atoms with Crippen molar-refractivity contribution in [3.8, 4) is 17.2 Å². The fourth-order valence-electron chi connectivity index (χ4n) is 3.09. The van der Waals surface area contributed by atoms with Crippen LogP contribution in [-0.2, 0) is 6.42 Å². The average Bonchev–Trinajstić information content (AvgIpc) is 2.65. The highest BCUT2D eigenvalue weighted by Gasteiger charge is 2.22. The Labute approximate surface area is 150 Å². The number of rotatable bonds is 8. The summed E-state index contributed by atoms with van der Waals surface area (Å²) in [7, 11) is 4.88. The van der Waals surface area contributed by atoms with Crippen LogP contribution in [0.5, 0.6) is 17.2 Å². The molecule has 0 heterocycles. The molecule has 0 aliphatic heterocycles. The zero-order valence-electron chi connectivity index (χ0n) is 15.8. The Bertz CT molecular complexity index is 680. The number of methoxy groups -OCH3 is 3. The topological polar surface area (TPSA) is 53.7 Å². The van der Waals surface area contributed by atoms with Crippen molar-refractivity contribution in [2.75, 3.05) is 27.9 Å². The van der Waals surface area contributed by atoms with Crippen LogP contribution < -0.4 is 19.9 Å². The minimum Gasteiger partial charge on any atom is -0.493 e. The Kier molecular flexibility index (Phi) is 6.71. The van der Waals surface area contributed by atoms with Crippen LogP contribution in [0, 0.1) is 0 Å². The second-order valence-corrected chi connectivity index (χ2v) is 6.46. The fraction of sp³-hybridized carbons (Fsp3) is 0.429. The maximum absolute atomic E-state index is 6.09. The summed E-state index contributed by atoms with van der Waals surface area (Å²) in [4.78, 5) is 0. The predicted octanol–water partition coefficient (Wildman–Crippen LogP) is 4.12. The summed E-state index contributed by atoms with van der Waals surface area (Å²) >= 11 is 0. The third-order valence-electron chi connectivity index (χ3n) is 4.59. The second kappa shape index (κ2) is 8.77. The molecule has 0 radical (unpaired) electrons. The van der Waals surface area contributed by atoms with E-state index in [4.69, 9.17) is 19.9 Å². The third kappa shape index (κ3) is 4.26. The molecular weight excluding hydrogens is 314 g/mol. The zero-order valence-corrected chi connectivity index (χ0v) is 15.8. The molecule has 25 heavy (non-hydrogen) atoms. The first-order valence-electron chi connectivity index (χ1n) is 8.63. The summed E-state index contributed by atoms with van der Waals surface area (Å²) in [6, 6.07) is 12.7. The lowest BCUT2D eigenvalue weighted by Gasteiger charge is -2.21. The average molecular weight is 343 g/mol. The van der Waals surface area contributed by atoms with Crippen molar-refractivity contribution in [2.24, 2.45) is 5.73 Å². The summed E-state index contributed by atoms with van der Waals surface area (Å²) in [5, 5.41) is 0. The SMILES string of the molecule is COc1ccc(C(CN)Cc2ccc(C(C)C)cc2)c(OC)c1OC. The van der Waals surface area contributed by atoms with E-state index in [9.17, 15) is 0 Å². The van der Waals surface area contributed by atoms with Crippen LogP contribution in [-0.4, -0.2) is 27.9 Å². The van der Waals surface area contributed by atoms with Gasteiger partial charge in [0.05, 0.1) is 21.3 Å². The number of ether oxygens (including phenoxy) is 3. The summed E-state index contributed by atoms with van der Waals surface area (Å²) < 4.78 is 16.5. The maximum Gasteiger partial charge on any atom is 0.203 e. The van der Waals surface area contributed by atoms with Gasteiger partial charge in [-0.3, -0.25) is 0 Å². The van der Waals surface area contributed by atoms with Gasteiger partial charge in [0, 0.05) is 11.5 Å². The Hall–Kier alpha value is -2.20. The van der Waals surface area contributed by atoms with E-state index in [1.165, 1.54) is 11.1 Å². The van der Waals surface area contributed by atoms with Crippen molar-refractivity contribution in [3.05, 3.63) is 53.1 Å². The van der Waals surface area contributed by atoms with Crippen LogP contribution in [0.2, 0.25) is 0 Å². The van der Waals surface area contributed by atoms with Gasteiger partial charge < -0.3 is 19.9 Å². The molecular formula is C21H29NO3. The van der Waals surface area contributed by atoms with Crippen molar-refractivity contribution in [3.63, 3.8) is 0 Å². The molecule has 0 aliphatic rings. The van der Waals surface area contributed by atoms with Gasteiger partial charge in [0.15, 0.2) is 11.5 Å². The molecule has 0 saturated carbocycles. The molecule has 0 spiro atoms. The molecule has 2 aromatic carbocycles. The van der Waals surface area contributed by atoms with Crippen molar-refractivity contribution in [2.45, 2.75) is 32.1 Å². The largest absolute Gasteiger partial charge is 0.493 e. The van der Waals surface area contributed by atoms with Crippen LogP contribution in [0.3, 0.4) is 0 Å². The minimum absolute atomic E-state index is 0.139. The van der Waals surface area contributed by atoms with E-state index in [2.05, 4.69) is 38.1 Å². The summed E-state index contributed by atoms with van der Waals surface area (Å²) in [6.45, 7) is 4.93. The highest BCUT2D eigenvalue weighted by molar-refractivity contribution is 5.57. The molecule has 0 aliphatic carbocycles. The smallest absolute Gasteiger partial charge is 0.203 e. The van der Waals surface area contributed by atoms with Gasteiger partial charge in [0.1, 0.15) is 0 Å². The Morgan fingerprint density at radius 2 is 1.48 bits per heavy atom. The molecule has 1 unspecified atom stereocenters. The third-order valence-corrected chi connectivity index (χ3v) is 4.59. The van der Waals surface area contributed by atoms with Gasteiger partial charge in [-0.15, -0.1) is 0 Å². The van der Waals surface area contributed by atoms with E-state index < -0.39 is 0 Å². The highest BCUT2D eigenvalue weighted by Crippen LogP contribution is 2.43. The Morgan fingerprint density at radius 3 is 1.96 bits per heavy atom. The first-order chi connectivity index (χ1) is 12.0. The summed E-state index contributed by atoms with van der Waals surface area (Å²) in [5.74, 6) is 2.62. The van der Waals surface area contributed by atoms with E-state index in [0.29, 0.717) is 29.7 Å². The van der Waals surface area contributed by atoms with E-state index in [1.54, 1.807) is 21.3 Å². The molecule has 2 aromatic rings. The molecule has 0 amide bonds. The van der Waals surface area contributed by atoms with Gasteiger partial charge in [-0.25, -0.2) is 0 Å². The number of nitrogens with two attached hydrogens (primary N) is 1. The molecule has 1 atom stereocenters. The Morgan fingerprint density at radius 1 is 0.840 bits per heavy atom. The highest BCUT2D eigenvalue weighted by atomic mass is 16.5. The molecule has 0 aromatic heterocycles. The van der Waals surface area contributed by atoms with Crippen molar-refractivity contribution in [1.82, 2.24) is 0 Å². The van der Waals surface area contributed by atoms with Crippen LogP contribution in [0.15, 0.2) is 36.4 Å². The van der Waals surface area contributed by atoms with Crippen LogP contribution in [0.1, 0.15) is 42.4 Å². The van der Waals surface area contributed by atoms with Gasteiger partial charge in [-0.1, -0.05) is 44.2 Å². The molecule has 0 bridgehead atoms. The van der Waals surface area contributed by atoms with Gasteiger partial charge in [0.2, 0.25) is 5.75 Å². The van der Waals surface area contributed by atoms with Gasteiger partial charge in [-0.2, -0.15) is 0 Å². The van der Waals surface area contributed by atoms with Crippen molar-refractivity contribution < 1.29 is 14.2 Å². The molecule has 0 saturated heterocycles. The fourth-order valence-corrected chi connectivity index (χ4v) is 3.09. The van der Waals surface area contributed by atoms with Gasteiger partial charge in [0.25, 0.3) is 0 Å². The van der Waals surface area contributed by atoms with Crippen LogP contribution in [0.4, 0.5) is 0 Å². The van der Waals surface area contributed by atoms with Crippen molar-refractivity contribution in [1.29, 1.82) is 0 Å². The normalized spacial score (nSPS) is 12.1. The Balaban J connectivity index is 2.34. The molecule has 4 heteroatoms. The number of benzene rings is 2. The van der Waals surface area contributed by atoms with Crippen LogP contribution in [0.25, 0.3) is 0 Å². The standard InChI is InChI=1S/C21H29NO3/c1-14(2)16-8-6-15(7-9-16)12-17(13-22)18-10-11-19(23-3)21(25-5)20(18)24-4/h6-11,14,17H,12-13,22H2,1-5H3. The minimum atomic E-state index is 0.139. The van der Waals surface area contributed by atoms with Gasteiger partial charge in [-0.05, 0) is 36.1 Å². The quantitative estimate of drug-likeness (QED) is 0.783. The zero-order chi connectivity index (χ0) is 18.4. The molecule has 2 rings (SSSR count). The van der Waals surface area contributed by atoms with E-state index in [1.807, 2.05) is 12.1 Å². The first-order valence-corrected chi connectivity index (χ1v) is 8.63. The van der Waals surface area contributed by atoms with E-state index in [0.717, 1.165) is 12.0 Å². The van der Waals surface area contributed by atoms with E-state index >= 15 is 0 Å². The summed E-state index contributed by atoms with van der Waals surface area (Å²) in [6.07, 6.45) is 0.848. The molecule has 4 nitrogen and oxygen atoms in total. The summed E-state index contributed by atoms with van der Waals surface area (Å²) in [5.41, 5.74) is 9.73. The second-order valence-electron chi connectivity index (χ2n) is 6.46. The maximum atomic E-state index is 6.09. The molecule has 2 N–H and O–H groups in total. The number of hydrogen-bond donors (Lipinski definition) is 1. The van der Waals surface area contributed by atoms with E-state index in [-0.39, 0.29) is 5.92 Å². The molecule has 136 valence electrons. The monoisotopic (exact) mass is 343 g/mol.